The van der Waals surface area contributed by atoms with Gasteiger partial charge in [-0.3, -0.25) is 0 Å². The molecule has 1 heteroatoms. The van der Waals surface area contributed by atoms with Gasteiger partial charge in [0.1, 0.15) is 0 Å². The Labute approximate surface area is 62.8 Å². The van der Waals surface area contributed by atoms with Crippen LogP contribution in [-0.4, -0.2) is 12.7 Å². The van der Waals surface area contributed by atoms with E-state index in [0.717, 1.165) is 24.4 Å². The zero-order valence-electron chi connectivity index (χ0n) is 6.84. The molecule has 0 radical (unpaired) electrons. The molecule has 1 nitrogen and oxygen atoms in total. The summed E-state index contributed by atoms with van der Waals surface area (Å²) < 4.78 is 5.53. The molecule has 1 saturated heterocycles. The van der Waals surface area contributed by atoms with Crippen LogP contribution in [0.25, 0.3) is 0 Å². The minimum absolute atomic E-state index is 0.636. The van der Waals surface area contributed by atoms with Crippen molar-refractivity contribution in [2.45, 2.75) is 32.8 Å². The molecular weight excluding hydrogens is 124 g/mol. The summed E-state index contributed by atoms with van der Waals surface area (Å²) in [4.78, 5) is 0. The van der Waals surface area contributed by atoms with Crippen LogP contribution in [0.3, 0.4) is 0 Å². The number of fused-ring (bicyclic) bond motifs is 2. The first-order valence-corrected chi connectivity index (χ1v) is 4.39. The van der Waals surface area contributed by atoms with Gasteiger partial charge in [0.25, 0.3) is 0 Å². The van der Waals surface area contributed by atoms with Crippen molar-refractivity contribution in [1.29, 1.82) is 0 Å². The van der Waals surface area contributed by atoms with E-state index in [2.05, 4.69) is 13.8 Å². The van der Waals surface area contributed by atoms with Crippen LogP contribution >= 0.6 is 0 Å². The fourth-order valence-electron chi connectivity index (χ4n) is 2.51. The van der Waals surface area contributed by atoms with Gasteiger partial charge in [-0.25, -0.2) is 0 Å². The standard InChI is InChI=1S/C9H16O/c1-6(2)9-4-8-3-7(9)5-10-8/h6-9H,3-5H2,1-2H3. The minimum Gasteiger partial charge on any atom is -0.378 e. The van der Waals surface area contributed by atoms with E-state index in [4.69, 9.17) is 4.74 Å². The summed E-state index contributed by atoms with van der Waals surface area (Å²) in [7, 11) is 0. The molecule has 0 aromatic heterocycles. The lowest BCUT2D eigenvalue weighted by Crippen LogP contribution is -2.21. The third-order valence-corrected chi connectivity index (χ3v) is 3.11. The molecule has 2 aliphatic rings. The maximum Gasteiger partial charge on any atom is 0.0581 e. The summed E-state index contributed by atoms with van der Waals surface area (Å²) in [5.41, 5.74) is 0. The number of hydrogen-bond acceptors (Lipinski definition) is 1. The van der Waals surface area contributed by atoms with E-state index in [1.807, 2.05) is 0 Å². The lowest BCUT2D eigenvalue weighted by Gasteiger charge is -2.24. The van der Waals surface area contributed by atoms with Gasteiger partial charge in [0.15, 0.2) is 0 Å². The maximum absolute atomic E-state index is 5.53. The van der Waals surface area contributed by atoms with Gasteiger partial charge in [-0.1, -0.05) is 13.8 Å². The topological polar surface area (TPSA) is 9.23 Å². The molecule has 3 atom stereocenters. The maximum atomic E-state index is 5.53. The van der Waals surface area contributed by atoms with Crippen LogP contribution in [0.5, 0.6) is 0 Å². The predicted molar refractivity (Wildman–Crippen MR) is 40.8 cm³/mol. The predicted octanol–water partition coefficient (Wildman–Crippen LogP) is 2.07. The van der Waals surface area contributed by atoms with Crippen LogP contribution in [0.4, 0.5) is 0 Å². The average Bonchev–Trinajstić information content (AvgIpc) is 2.44. The van der Waals surface area contributed by atoms with E-state index in [9.17, 15) is 0 Å². The van der Waals surface area contributed by atoms with Gasteiger partial charge in [-0.05, 0) is 30.6 Å². The Morgan fingerprint density at radius 2 is 2.10 bits per heavy atom. The normalized spacial score (nSPS) is 45.3. The van der Waals surface area contributed by atoms with Crippen LogP contribution < -0.4 is 0 Å². The van der Waals surface area contributed by atoms with Gasteiger partial charge < -0.3 is 4.74 Å². The van der Waals surface area contributed by atoms with Gasteiger partial charge in [-0.15, -0.1) is 0 Å². The fourth-order valence-corrected chi connectivity index (χ4v) is 2.51. The molecule has 2 bridgehead atoms. The van der Waals surface area contributed by atoms with E-state index in [1.165, 1.54) is 12.8 Å². The fraction of sp³-hybridized carbons (Fsp3) is 1.00. The molecular formula is C9H16O. The third-order valence-electron chi connectivity index (χ3n) is 3.11. The Bertz CT molecular complexity index is 131. The summed E-state index contributed by atoms with van der Waals surface area (Å²) in [6.45, 7) is 5.73. The van der Waals surface area contributed by atoms with Gasteiger partial charge in [0, 0.05) is 0 Å². The zero-order chi connectivity index (χ0) is 7.14. The van der Waals surface area contributed by atoms with E-state index < -0.39 is 0 Å². The first kappa shape index (κ1) is 6.66. The van der Waals surface area contributed by atoms with Crippen molar-refractivity contribution in [2.75, 3.05) is 6.61 Å². The zero-order valence-corrected chi connectivity index (χ0v) is 6.84. The van der Waals surface area contributed by atoms with Crippen molar-refractivity contribution in [2.24, 2.45) is 17.8 Å². The Morgan fingerprint density at radius 3 is 2.40 bits per heavy atom. The lowest BCUT2D eigenvalue weighted by molar-refractivity contribution is 0.0403. The first-order valence-electron chi connectivity index (χ1n) is 4.39. The highest BCUT2D eigenvalue weighted by molar-refractivity contribution is 4.90. The van der Waals surface area contributed by atoms with Crippen molar-refractivity contribution >= 4 is 0 Å². The Balaban J connectivity index is 2.02. The molecule has 2 rings (SSSR count). The van der Waals surface area contributed by atoms with E-state index in [-0.39, 0.29) is 0 Å². The van der Waals surface area contributed by atoms with Gasteiger partial charge in [-0.2, -0.15) is 0 Å². The Kier molecular flexibility index (Phi) is 1.48. The molecule has 0 N–H and O–H groups in total. The molecule has 2 fully saturated rings. The SMILES string of the molecule is CC(C)C1CC2CC1CO2. The summed E-state index contributed by atoms with van der Waals surface area (Å²) in [5.74, 6) is 2.75. The van der Waals surface area contributed by atoms with Crippen molar-refractivity contribution in [3.63, 3.8) is 0 Å². The smallest absolute Gasteiger partial charge is 0.0581 e. The largest absolute Gasteiger partial charge is 0.378 e. The monoisotopic (exact) mass is 140 g/mol. The van der Waals surface area contributed by atoms with Gasteiger partial charge >= 0.3 is 0 Å². The molecule has 0 spiro atoms. The molecule has 0 aromatic rings. The van der Waals surface area contributed by atoms with E-state index in [1.54, 1.807) is 0 Å². The number of rotatable bonds is 1. The number of hydrogen-bond donors (Lipinski definition) is 0. The third kappa shape index (κ3) is 0.878. The molecule has 1 heterocycles. The summed E-state index contributed by atoms with van der Waals surface area (Å²) >= 11 is 0. The van der Waals surface area contributed by atoms with Crippen LogP contribution in [0.2, 0.25) is 0 Å². The molecule has 58 valence electrons. The van der Waals surface area contributed by atoms with Crippen LogP contribution in [0, 0.1) is 17.8 Å². The second-order valence-corrected chi connectivity index (χ2v) is 4.09. The van der Waals surface area contributed by atoms with Crippen molar-refractivity contribution in [3.8, 4) is 0 Å². The average molecular weight is 140 g/mol. The second kappa shape index (κ2) is 2.23. The lowest BCUT2D eigenvalue weighted by atomic mass is 9.86. The van der Waals surface area contributed by atoms with E-state index >= 15 is 0 Å². The molecule has 3 unspecified atom stereocenters. The van der Waals surface area contributed by atoms with Crippen molar-refractivity contribution < 1.29 is 4.74 Å². The minimum atomic E-state index is 0.636. The quantitative estimate of drug-likeness (QED) is 0.541. The molecule has 1 aliphatic heterocycles. The van der Waals surface area contributed by atoms with Crippen LogP contribution in [0.15, 0.2) is 0 Å². The van der Waals surface area contributed by atoms with Crippen molar-refractivity contribution in [3.05, 3.63) is 0 Å². The molecule has 0 aromatic carbocycles. The van der Waals surface area contributed by atoms with Crippen LogP contribution in [-0.2, 0) is 4.74 Å². The Hall–Kier alpha value is -0.0400. The molecule has 1 aliphatic carbocycles. The molecule has 10 heavy (non-hydrogen) atoms. The van der Waals surface area contributed by atoms with Crippen molar-refractivity contribution in [1.82, 2.24) is 0 Å². The summed E-state index contributed by atoms with van der Waals surface area (Å²) in [6, 6.07) is 0. The van der Waals surface area contributed by atoms with Gasteiger partial charge in [0.2, 0.25) is 0 Å². The Morgan fingerprint density at radius 1 is 1.30 bits per heavy atom. The van der Waals surface area contributed by atoms with Crippen LogP contribution in [0.1, 0.15) is 26.7 Å². The summed E-state index contributed by atoms with van der Waals surface area (Å²) in [5, 5.41) is 0. The number of ether oxygens (including phenoxy) is 1. The summed E-state index contributed by atoms with van der Waals surface area (Å²) in [6.07, 6.45) is 3.32. The second-order valence-electron chi connectivity index (χ2n) is 4.09. The molecule has 1 saturated carbocycles. The first-order chi connectivity index (χ1) is 4.77. The highest BCUT2D eigenvalue weighted by Crippen LogP contribution is 2.43. The molecule has 0 amide bonds. The van der Waals surface area contributed by atoms with E-state index in [0.29, 0.717) is 6.10 Å². The highest BCUT2D eigenvalue weighted by atomic mass is 16.5. The highest BCUT2D eigenvalue weighted by Gasteiger charge is 2.41. The van der Waals surface area contributed by atoms with Gasteiger partial charge in [0.05, 0.1) is 12.7 Å².